The number of aromatic nitrogens is 5. The van der Waals surface area contributed by atoms with Crippen molar-refractivity contribution in [3.05, 3.63) is 60.6 Å². The largest absolute Gasteiger partial charge is 0.331 e. The monoisotopic (exact) mass is 320 g/mol. The fourth-order valence-corrected chi connectivity index (χ4v) is 2.87. The van der Waals surface area contributed by atoms with Gasteiger partial charge in [0.1, 0.15) is 5.69 Å². The van der Waals surface area contributed by atoms with E-state index in [-0.39, 0.29) is 5.91 Å². The first-order valence-corrected chi connectivity index (χ1v) is 7.84. The Kier molecular flexibility index (Phi) is 3.74. The molecule has 0 fully saturated rings. The second kappa shape index (κ2) is 6.19. The highest BCUT2D eigenvalue weighted by Gasteiger charge is 2.22. The van der Waals surface area contributed by atoms with Gasteiger partial charge >= 0.3 is 0 Å². The average Bonchev–Trinajstić information content (AvgIpc) is 2.94. The van der Waals surface area contributed by atoms with Gasteiger partial charge in [0.15, 0.2) is 0 Å². The van der Waals surface area contributed by atoms with Crippen molar-refractivity contribution in [1.29, 1.82) is 0 Å². The zero-order chi connectivity index (χ0) is 16.4. The summed E-state index contributed by atoms with van der Waals surface area (Å²) in [6, 6.07) is 5.91. The first-order chi connectivity index (χ1) is 11.8. The molecule has 0 atom stereocenters. The maximum atomic E-state index is 12.6. The Bertz CT molecular complexity index is 846. The van der Waals surface area contributed by atoms with Gasteiger partial charge in [0, 0.05) is 43.4 Å². The summed E-state index contributed by atoms with van der Waals surface area (Å²) in [5.74, 6) is -0.0942. The fourth-order valence-electron chi connectivity index (χ4n) is 2.87. The van der Waals surface area contributed by atoms with Crippen molar-refractivity contribution in [3.63, 3.8) is 0 Å². The topological polar surface area (TPSA) is 76.8 Å². The van der Waals surface area contributed by atoms with Crippen molar-refractivity contribution in [1.82, 2.24) is 29.6 Å². The molecule has 0 radical (unpaired) electrons. The molecule has 7 heteroatoms. The molecule has 1 amide bonds. The molecular weight excluding hydrogens is 304 g/mol. The van der Waals surface area contributed by atoms with Crippen molar-refractivity contribution in [2.45, 2.75) is 19.5 Å². The van der Waals surface area contributed by atoms with E-state index in [1.54, 1.807) is 23.5 Å². The molecule has 4 rings (SSSR count). The summed E-state index contributed by atoms with van der Waals surface area (Å²) in [4.78, 5) is 26.6. The smallest absolute Gasteiger partial charge is 0.274 e. The number of amides is 1. The highest BCUT2D eigenvalue weighted by molar-refractivity contribution is 5.91. The van der Waals surface area contributed by atoms with E-state index < -0.39 is 0 Å². The van der Waals surface area contributed by atoms with Crippen molar-refractivity contribution in [2.24, 2.45) is 0 Å². The third-order valence-corrected chi connectivity index (χ3v) is 4.06. The zero-order valence-electron chi connectivity index (χ0n) is 13.0. The molecule has 0 saturated carbocycles. The zero-order valence-corrected chi connectivity index (χ0v) is 13.0. The predicted octanol–water partition coefficient (Wildman–Crippen LogP) is 1.78. The van der Waals surface area contributed by atoms with Gasteiger partial charge in [0.05, 0.1) is 24.1 Å². The van der Waals surface area contributed by atoms with Gasteiger partial charge in [-0.25, -0.2) is 4.98 Å². The van der Waals surface area contributed by atoms with E-state index in [1.807, 2.05) is 22.9 Å². The van der Waals surface area contributed by atoms with E-state index in [4.69, 9.17) is 0 Å². The lowest BCUT2D eigenvalue weighted by Crippen LogP contribution is -2.31. The van der Waals surface area contributed by atoms with Gasteiger partial charge in [-0.15, -0.1) is 0 Å². The van der Waals surface area contributed by atoms with E-state index in [0.29, 0.717) is 18.8 Å². The maximum Gasteiger partial charge on any atom is 0.274 e. The van der Waals surface area contributed by atoms with E-state index in [9.17, 15) is 4.79 Å². The minimum Gasteiger partial charge on any atom is -0.331 e. The van der Waals surface area contributed by atoms with Gasteiger partial charge in [-0.1, -0.05) is 0 Å². The second-order valence-corrected chi connectivity index (χ2v) is 5.65. The Labute approximate surface area is 139 Å². The molecule has 0 aromatic carbocycles. The van der Waals surface area contributed by atoms with Crippen molar-refractivity contribution in [2.75, 3.05) is 6.54 Å². The number of hydrogen-bond donors (Lipinski definition) is 0. The summed E-state index contributed by atoms with van der Waals surface area (Å²) < 4.78 is 1.99. The third kappa shape index (κ3) is 2.76. The molecule has 24 heavy (non-hydrogen) atoms. The average molecular weight is 320 g/mol. The van der Waals surface area contributed by atoms with Gasteiger partial charge in [-0.2, -0.15) is 5.10 Å². The molecule has 1 aliphatic rings. The Morgan fingerprint density at radius 1 is 1.04 bits per heavy atom. The summed E-state index contributed by atoms with van der Waals surface area (Å²) in [6.07, 6.45) is 8.98. The van der Waals surface area contributed by atoms with Crippen LogP contribution in [0.15, 0.2) is 49.2 Å². The molecule has 0 spiro atoms. The highest BCUT2D eigenvalue weighted by Crippen LogP contribution is 2.22. The normalized spacial score (nSPS) is 14.1. The minimum atomic E-state index is -0.0942. The van der Waals surface area contributed by atoms with Crippen LogP contribution in [0.3, 0.4) is 0 Å². The first kappa shape index (κ1) is 14.5. The molecule has 4 heterocycles. The van der Waals surface area contributed by atoms with Crippen LogP contribution < -0.4 is 0 Å². The number of aryl methyl sites for hydroxylation is 1. The van der Waals surface area contributed by atoms with Gasteiger partial charge in [-0.05, 0) is 24.6 Å². The van der Waals surface area contributed by atoms with Crippen LogP contribution in [0.25, 0.3) is 11.3 Å². The van der Waals surface area contributed by atoms with Crippen LogP contribution in [0.2, 0.25) is 0 Å². The molecule has 0 unspecified atom stereocenters. The van der Waals surface area contributed by atoms with Crippen molar-refractivity contribution in [3.8, 4) is 11.3 Å². The van der Waals surface area contributed by atoms with Crippen molar-refractivity contribution < 1.29 is 4.79 Å². The van der Waals surface area contributed by atoms with Gasteiger partial charge in [-0.3, -0.25) is 19.4 Å². The minimum absolute atomic E-state index is 0.0942. The lowest BCUT2D eigenvalue weighted by atomic mass is 10.2. The number of rotatable bonds is 2. The van der Waals surface area contributed by atoms with Crippen LogP contribution in [0.1, 0.15) is 22.6 Å². The summed E-state index contributed by atoms with van der Waals surface area (Å²) in [7, 11) is 0. The van der Waals surface area contributed by atoms with Crippen molar-refractivity contribution >= 4 is 5.91 Å². The fraction of sp³-hybridized carbons (Fsp3) is 0.235. The molecule has 0 aliphatic carbocycles. The van der Waals surface area contributed by atoms with Crippen LogP contribution in [-0.2, 0) is 13.1 Å². The number of hydrogen-bond acceptors (Lipinski definition) is 5. The molecule has 0 bridgehead atoms. The van der Waals surface area contributed by atoms with E-state index in [1.165, 1.54) is 12.4 Å². The molecule has 3 aromatic rings. The van der Waals surface area contributed by atoms with E-state index in [2.05, 4.69) is 20.1 Å². The number of carbonyl (C=O) groups is 1. The number of fused-ring (bicyclic) bond motifs is 1. The predicted molar refractivity (Wildman–Crippen MR) is 86.8 cm³/mol. The quantitative estimate of drug-likeness (QED) is 0.719. The summed E-state index contributed by atoms with van der Waals surface area (Å²) in [5.41, 5.74) is 3.33. The van der Waals surface area contributed by atoms with Crippen LogP contribution >= 0.6 is 0 Å². The Morgan fingerprint density at radius 3 is 2.71 bits per heavy atom. The summed E-state index contributed by atoms with van der Waals surface area (Å²) in [5, 5.41) is 4.67. The van der Waals surface area contributed by atoms with E-state index >= 15 is 0 Å². The van der Waals surface area contributed by atoms with Gasteiger partial charge in [0.25, 0.3) is 5.91 Å². The SMILES string of the molecule is O=C(c1cnccn1)N1CCCn2nc(-c3ccncc3)cc2C1. The van der Waals surface area contributed by atoms with Gasteiger partial charge in [0.2, 0.25) is 0 Å². The maximum absolute atomic E-state index is 12.6. The van der Waals surface area contributed by atoms with Crippen LogP contribution in [0, 0.1) is 0 Å². The molecule has 0 N–H and O–H groups in total. The van der Waals surface area contributed by atoms with Gasteiger partial charge < -0.3 is 4.90 Å². The van der Waals surface area contributed by atoms with Crippen LogP contribution in [-0.4, -0.2) is 42.1 Å². The Hall–Kier alpha value is -3.09. The van der Waals surface area contributed by atoms with E-state index in [0.717, 1.165) is 29.9 Å². The first-order valence-electron chi connectivity index (χ1n) is 7.84. The molecule has 3 aromatic heterocycles. The third-order valence-electron chi connectivity index (χ3n) is 4.06. The number of carbonyl (C=O) groups excluding carboxylic acids is 1. The van der Waals surface area contributed by atoms with Crippen LogP contribution in [0.4, 0.5) is 0 Å². The second-order valence-electron chi connectivity index (χ2n) is 5.65. The Morgan fingerprint density at radius 2 is 1.92 bits per heavy atom. The standard InChI is InChI=1S/C17H16N6O/c24-17(16-11-19-6-7-20-16)22-8-1-9-23-14(12-22)10-15(21-23)13-2-4-18-5-3-13/h2-7,10-11H,1,8-9,12H2. The summed E-state index contributed by atoms with van der Waals surface area (Å²) >= 11 is 0. The highest BCUT2D eigenvalue weighted by atomic mass is 16.2. The molecule has 1 aliphatic heterocycles. The molecule has 0 saturated heterocycles. The number of nitrogens with zero attached hydrogens (tertiary/aromatic N) is 6. The lowest BCUT2D eigenvalue weighted by molar-refractivity contribution is 0.0739. The number of pyridine rings is 1. The molecular formula is C17H16N6O. The summed E-state index contributed by atoms with van der Waals surface area (Å²) in [6.45, 7) is 2.00. The molecule has 7 nitrogen and oxygen atoms in total. The van der Waals surface area contributed by atoms with Crippen LogP contribution in [0.5, 0.6) is 0 Å². The lowest BCUT2D eigenvalue weighted by Gasteiger charge is -2.19. The molecule has 120 valence electrons. The Balaban J connectivity index is 1.61.